The van der Waals surface area contributed by atoms with Gasteiger partial charge in [-0.2, -0.15) is 0 Å². The molecule has 5 nitrogen and oxygen atoms in total. The molecule has 0 saturated carbocycles. The van der Waals surface area contributed by atoms with Crippen LogP contribution in [0.4, 0.5) is 0 Å². The highest BCUT2D eigenvalue weighted by Crippen LogP contribution is 2.22. The van der Waals surface area contributed by atoms with Crippen molar-refractivity contribution in [1.29, 1.82) is 0 Å². The van der Waals surface area contributed by atoms with Crippen LogP contribution in [0.5, 0.6) is 0 Å². The number of aromatic nitrogens is 2. The van der Waals surface area contributed by atoms with E-state index in [4.69, 9.17) is 0 Å². The maximum absolute atomic E-state index is 12.3. The molecule has 1 aliphatic rings. The summed E-state index contributed by atoms with van der Waals surface area (Å²) in [5.41, 5.74) is 2.27. The van der Waals surface area contributed by atoms with Gasteiger partial charge in [-0.3, -0.25) is 4.79 Å². The molecule has 1 N–H and O–H groups in total. The molecule has 2 heterocycles. The van der Waals surface area contributed by atoms with Crippen molar-refractivity contribution < 1.29 is 4.79 Å². The molecule has 6 heteroatoms. The molecule has 24 heavy (non-hydrogen) atoms. The van der Waals surface area contributed by atoms with Crippen LogP contribution in [-0.4, -0.2) is 51.8 Å². The minimum Gasteiger partial charge on any atom is -0.353 e. The van der Waals surface area contributed by atoms with Crippen molar-refractivity contribution in [2.75, 3.05) is 25.4 Å². The Morgan fingerprint density at radius 2 is 2.00 bits per heavy atom. The molecule has 136 valence electrons. The summed E-state index contributed by atoms with van der Waals surface area (Å²) in [6.45, 7) is 15.0. The average Bonchev–Trinajstić information content (AvgIpc) is 2.81. The van der Waals surface area contributed by atoms with E-state index in [0.29, 0.717) is 17.7 Å². The summed E-state index contributed by atoms with van der Waals surface area (Å²) in [7, 11) is 0. The number of piperidine rings is 1. The van der Waals surface area contributed by atoms with Gasteiger partial charge in [-0.05, 0) is 39.2 Å². The van der Waals surface area contributed by atoms with Gasteiger partial charge in [0.1, 0.15) is 0 Å². The minimum absolute atomic E-state index is 0.129. The van der Waals surface area contributed by atoms with Gasteiger partial charge >= 0.3 is 0 Å². The largest absolute Gasteiger partial charge is 0.353 e. The highest BCUT2D eigenvalue weighted by Gasteiger charge is 2.20. The normalized spacial score (nSPS) is 16.8. The molecule has 0 aliphatic carbocycles. The molecule has 1 aliphatic heterocycles. The lowest BCUT2D eigenvalue weighted by molar-refractivity contribution is -0.119. The number of aryl methyl sites for hydroxylation is 1. The predicted octanol–water partition coefficient (Wildman–Crippen LogP) is 2.85. The first-order valence-electron chi connectivity index (χ1n) is 9.09. The van der Waals surface area contributed by atoms with E-state index in [0.717, 1.165) is 49.9 Å². The Morgan fingerprint density at radius 1 is 1.33 bits per heavy atom. The van der Waals surface area contributed by atoms with Crippen molar-refractivity contribution in [3.05, 3.63) is 11.4 Å². The number of carbonyl (C=O) groups excluding carboxylic acids is 1. The fourth-order valence-electron chi connectivity index (χ4n) is 3.11. The number of nitrogens with one attached hydrogen (secondary N) is 1. The summed E-state index contributed by atoms with van der Waals surface area (Å²) in [6.07, 6.45) is 2.12. The number of carbonyl (C=O) groups is 1. The molecule has 1 amide bonds. The van der Waals surface area contributed by atoms with Gasteiger partial charge in [-0.15, -0.1) is 0 Å². The number of hydrogen-bond donors (Lipinski definition) is 1. The van der Waals surface area contributed by atoms with E-state index in [-0.39, 0.29) is 5.91 Å². The molecule has 1 saturated heterocycles. The SMILES string of the molecule is CCN1CCC(NC(=O)CSc2nc(C)c(C)n2CC(C)C)CC1. The quantitative estimate of drug-likeness (QED) is 0.767. The van der Waals surface area contributed by atoms with Crippen molar-refractivity contribution in [3.63, 3.8) is 0 Å². The van der Waals surface area contributed by atoms with Gasteiger partial charge in [-0.25, -0.2) is 4.98 Å². The number of rotatable bonds is 7. The molecule has 0 aromatic carbocycles. The van der Waals surface area contributed by atoms with Gasteiger partial charge in [0.15, 0.2) is 5.16 Å². The molecule has 0 spiro atoms. The Labute approximate surface area is 150 Å². The van der Waals surface area contributed by atoms with E-state index < -0.39 is 0 Å². The van der Waals surface area contributed by atoms with Gasteiger partial charge in [0.05, 0.1) is 11.4 Å². The highest BCUT2D eigenvalue weighted by molar-refractivity contribution is 7.99. The van der Waals surface area contributed by atoms with Crippen LogP contribution >= 0.6 is 11.8 Å². The summed E-state index contributed by atoms with van der Waals surface area (Å²) in [4.78, 5) is 19.4. The Balaban J connectivity index is 1.85. The van der Waals surface area contributed by atoms with Gasteiger partial charge in [0.2, 0.25) is 5.91 Å². The number of imidazole rings is 1. The highest BCUT2D eigenvalue weighted by atomic mass is 32.2. The van der Waals surface area contributed by atoms with Crippen LogP contribution in [0.3, 0.4) is 0 Å². The number of hydrogen-bond acceptors (Lipinski definition) is 4. The second-order valence-corrected chi connectivity index (χ2v) is 8.08. The Kier molecular flexibility index (Phi) is 7.16. The van der Waals surface area contributed by atoms with E-state index in [1.807, 2.05) is 6.92 Å². The maximum Gasteiger partial charge on any atom is 0.230 e. The lowest BCUT2D eigenvalue weighted by atomic mass is 10.1. The van der Waals surface area contributed by atoms with E-state index in [1.54, 1.807) is 11.8 Å². The van der Waals surface area contributed by atoms with Crippen molar-refractivity contribution in [3.8, 4) is 0 Å². The summed E-state index contributed by atoms with van der Waals surface area (Å²) in [5, 5.41) is 4.16. The second-order valence-electron chi connectivity index (χ2n) is 7.13. The van der Waals surface area contributed by atoms with Crippen molar-refractivity contribution in [2.24, 2.45) is 5.92 Å². The molecule has 2 rings (SSSR count). The molecule has 0 bridgehead atoms. The van der Waals surface area contributed by atoms with Gasteiger partial charge < -0.3 is 14.8 Å². The zero-order valence-electron chi connectivity index (χ0n) is 15.8. The fourth-order valence-corrected chi connectivity index (χ4v) is 4.02. The second kappa shape index (κ2) is 8.90. The fraction of sp³-hybridized carbons (Fsp3) is 0.778. The van der Waals surface area contributed by atoms with E-state index in [9.17, 15) is 4.79 Å². The third-order valence-corrected chi connectivity index (χ3v) is 5.68. The number of likely N-dealkylation sites (tertiary alicyclic amines) is 1. The van der Waals surface area contributed by atoms with Crippen molar-refractivity contribution >= 4 is 17.7 Å². The molecule has 1 fully saturated rings. The van der Waals surface area contributed by atoms with Crippen LogP contribution in [-0.2, 0) is 11.3 Å². The zero-order valence-corrected chi connectivity index (χ0v) is 16.6. The Hall–Kier alpha value is -1.01. The van der Waals surface area contributed by atoms with Gasteiger partial charge in [0.25, 0.3) is 0 Å². The summed E-state index contributed by atoms with van der Waals surface area (Å²) in [6, 6.07) is 0.333. The van der Waals surface area contributed by atoms with Crippen LogP contribution in [0, 0.1) is 19.8 Å². The van der Waals surface area contributed by atoms with Crippen LogP contribution < -0.4 is 5.32 Å². The maximum atomic E-state index is 12.3. The monoisotopic (exact) mass is 352 g/mol. The van der Waals surface area contributed by atoms with Crippen LogP contribution in [0.25, 0.3) is 0 Å². The van der Waals surface area contributed by atoms with E-state index in [1.165, 1.54) is 5.69 Å². The number of thioether (sulfide) groups is 1. The third-order valence-electron chi connectivity index (χ3n) is 4.70. The number of nitrogens with zero attached hydrogens (tertiary/aromatic N) is 3. The zero-order chi connectivity index (χ0) is 17.7. The van der Waals surface area contributed by atoms with Crippen molar-refractivity contribution in [1.82, 2.24) is 19.8 Å². The first kappa shape index (κ1) is 19.3. The predicted molar refractivity (Wildman–Crippen MR) is 101 cm³/mol. The summed E-state index contributed by atoms with van der Waals surface area (Å²) >= 11 is 1.56. The van der Waals surface area contributed by atoms with Gasteiger partial charge in [0, 0.05) is 31.4 Å². The minimum atomic E-state index is 0.129. The van der Waals surface area contributed by atoms with Crippen molar-refractivity contribution in [2.45, 2.75) is 65.2 Å². The topological polar surface area (TPSA) is 50.2 Å². The number of amides is 1. The smallest absolute Gasteiger partial charge is 0.230 e. The average molecular weight is 353 g/mol. The first-order chi connectivity index (χ1) is 11.4. The Bertz CT molecular complexity index is 547. The Morgan fingerprint density at radius 3 is 2.58 bits per heavy atom. The standard InChI is InChI=1S/C18H32N4OS/c1-6-21-9-7-16(8-10-21)20-17(23)12-24-18-19-14(4)15(5)22(18)11-13(2)3/h13,16H,6-12H2,1-5H3,(H,20,23). The molecule has 0 atom stereocenters. The molecular formula is C18H32N4OS. The molecular weight excluding hydrogens is 320 g/mol. The van der Waals surface area contributed by atoms with E-state index in [2.05, 4.69) is 47.5 Å². The summed E-state index contributed by atoms with van der Waals surface area (Å²) in [5.74, 6) is 1.14. The molecule has 0 unspecified atom stereocenters. The molecule has 1 aromatic heterocycles. The molecule has 0 radical (unpaired) electrons. The third kappa shape index (κ3) is 5.24. The first-order valence-corrected chi connectivity index (χ1v) is 10.1. The lowest BCUT2D eigenvalue weighted by Crippen LogP contribution is -2.45. The summed E-state index contributed by atoms with van der Waals surface area (Å²) < 4.78 is 2.25. The van der Waals surface area contributed by atoms with Crippen LogP contribution in [0.2, 0.25) is 0 Å². The lowest BCUT2D eigenvalue weighted by Gasteiger charge is -2.31. The molecule has 1 aromatic rings. The van der Waals surface area contributed by atoms with Crippen LogP contribution in [0.1, 0.15) is 45.0 Å². The van der Waals surface area contributed by atoms with Gasteiger partial charge in [-0.1, -0.05) is 32.5 Å². The van der Waals surface area contributed by atoms with E-state index >= 15 is 0 Å². The van der Waals surface area contributed by atoms with Crippen LogP contribution in [0.15, 0.2) is 5.16 Å².